The summed E-state index contributed by atoms with van der Waals surface area (Å²) in [6.07, 6.45) is 1.79. The van der Waals surface area contributed by atoms with Crippen molar-refractivity contribution in [2.45, 2.75) is 24.1 Å². The van der Waals surface area contributed by atoms with Gasteiger partial charge in [-0.05, 0) is 0 Å². The molecule has 6 heteroatoms. The average Bonchev–Trinajstić information content (AvgIpc) is 2.57. The van der Waals surface area contributed by atoms with Gasteiger partial charge < -0.3 is 10.2 Å². The van der Waals surface area contributed by atoms with Gasteiger partial charge in [0.2, 0.25) is 0 Å². The van der Waals surface area contributed by atoms with Gasteiger partial charge in [-0.15, -0.1) is 0 Å². The fourth-order valence-corrected chi connectivity index (χ4v) is 3.82. The molecule has 0 aliphatic rings. The number of aryl methyl sites for hydroxylation is 1. The summed E-state index contributed by atoms with van der Waals surface area (Å²) in [5, 5.41) is 14.0. The number of nitrogens with zero attached hydrogens (tertiary/aromatic N) is 1. The molecule has 1 aromatic carbocycles. The monoisotopic (exact) mass is 564 g/mol. The molecule has 0 amide bonds. The zero-order chi connectivity index (χ0) is 19.8. The Kier molecular flexibility index (Phi) is 9.68. The molecule has 3 nitrogen and oxygen atoms in total. The van der Waals surface area contributed by atoms with Gasteiger partial charge in [0, 0.05) is 34.3 Å². The third-order valence-electron chi connectivity index (χ3n) is 2.78. The van der Waals surface area contributed by atoms with Crippen molar-refractivity contribution in [1.82, 2.24) is 4.98 Å². The van der Waals surface area contributed by atoms with Crippen LogP contribution in [0.25, 0.3) is 11.3 Å². The van der Waals surface area contributed by atoms with Crippen LogP contribution in [-0.4, -0.2) is 42.7 Å². The molecule has 0 saturated heterocycles. The van der Waals surface area contributed by atoms with E-state index in [1.165, 1.54) is 10.5 Å². The molecule has 0 bridgehead atoms. The summed E-state index contributed by atoms with van der Waals surface area (Å²) in [7, 11) is 2.00. The molecule has 2 rings (SSSR count). The number of pyridine rings is 1. The van der Waals surface area contributed by atoms with Crippen LogP contribution in [-0.2, 0) is 20.1 Å². The normalized spacial score (nSPS) is 12.1. The van der Waals surface area contributed by atoms with Gasteiger partial charge in [0.1, 0.15) is 0 Å². The minimum Gasteiger partial charge on any atom is 0 e. The van der Waals surface area contributed by atoms with Crippen molar-refractivity contribution in [3.05, 3.63) is 47.9 Å². The third kappa shape index (κ3) is 7.68. The van der Waals surface area contributed by atoms with Crippen LogP contribution in [0.15, 0.2) is 30.5 Å². The van der Waals surface area contributed by atoms with E-state index in [0.717, 1.165) is 20.3 Å². The van der Waals surface area contributed by atoms with E-state index in [2.05, 4.69) is 28.3 Å². The Bertz CT molecular complexity index is 663. The largest absolute Gasteiger partial charge is 0 e. The fraction of sp³-hybridized carbons (Fsp3) is 0.353. The van der Waals surface area contributed by atoms with Crippen LogP contribution < -0.4 is 4.40 Å². The van der Waals surface area contributed by atoms with E-state index in [0.29, 0.717) is 5.69 Å². The fourth-order valence-electron chi connectivity index (χ4n) is 1.65. The van der Waals surface area contributed by atoms with Crippen molar-refractivity contribution < 1.29 is 38.8 Å². The van der Waals surface area contributed by atoms with Crippen molar-refractivity contribution in [1.29, 1.82) is 0 Å². The first-order valence-corrected chi connectivity index (χ1v) is 14.0. The number of rotatable bonds is 2. The Morgan fingerprint density at radius 1 is 1.17 bits per heavy atom. The molecule has 0 fully saturated rings. The molecule has 0 atom stereocenters. The number of aromatic nitrogens is 1. The van der Waals surface area contributed by atoms with Crippen LogP contribution in [0.1, 0.15) is 9.68 Å². The van der Waals surface area contributed by atoms with E-state index in [4.69, 9.17) is 14.3 Å². The van der Waals surface area contributed by atoms with Crippen LogP contribution in [0.5, 0.6) is 0 Å². The Hall–Kier alpha value is -0.588. The van der Waals surface area contributed by atoms with E-state index in [9.17, 15) is 4.39 Å². The zero-order valence-corrected chi connectivity index (χ0v) is 18.4. The molecule has 0 saturated carbocycles. The van der Waals surface area contributed by atoms with E-state index in [-0.39, 0.29) is 31.2 Å². The Morgan fingerprint density at radius 2 is 1.78 bits per heavy atom. The first-order chi connectivity index (χ1) is 11.6. The molecule has 0 spiro atoms. The molecule has 1 aromatic heterocycles. The molecular weight excluding hydrogens is 534 g/mol. The van der Waals surface area contributed by atoms with Crippen LogP contribution >= 0.6 is 0 Å². The molecule has 0 aliphatic heterocycles. The topological polar surface area (TPSA) is 53.4 Å². The number of aliphatic hydroxyl groups excluding tert-OH is 2. The maximum atomic E-state index is 14.1. The summed E-state index contributed by atoms with van der Waals surface area (Å²) < 4.78 is 37.2. The van der Waals surface area contributed by atoms with E-state index in [1.807, 2.05) is 6.07 Å². The minimum atomic E-state index is -2.33. The van der Waals surface area contributed by atoms with Gasteiger partial charge in [-0.25, -0.2) is 0 Å². The maximum Gasteiger partial charge on any atom is 0 e. The number of hydrogen-bond donors (Lipinski definition) is 2. The van der Waals surface area contributed by atoms with Gasteiger partial charge in [-0.3, -0.25) is 0 Å². The van der Waals surface area contributed by atoms with Crippen LogP contribution in [0.2, 0.25) is 17.3 Å². The first kappa shape index (κ1) is 18.7. The predicted molar refractivity (Wildman–Crippen MR) is 92.5 cm³/mol. The van der Waals surface area contributed by atoms with Gasteiger partial charge >= 0.3 is 114 Å². The van der Waals surface area contributed by atoms with E-state index >= 15 is 0 Å². The van der Waals surface area contributed by atoms with E-state index in [1.54, 1.807) is 12.3 Å². The summed E-state index contributed by atoms with van der Waals surface area (Å²) in [6.45, 7) is -2.33. The minimum absolute atomic E-state index is 0. The molecule has 131 valence electrons. The van der Waals surface area contributed by atoms with Gasteiger partial charge in [-0.1, -0.05) is 0 Å². The van der Waals surface area contributed by atoms with Crippen molar-refractivity contribution in [2.75, 3.05) is 14.2 Å². The van der Waals surface area contributed by atoms with Gasteiger partial charge in [-0.2, -0.15) is 0 Å². The number of halogens is 1. The van der Waals surface area contributed by atoms with Gasteiger partial charge in [0.15, 0.2) is 0 Å². The SMILES string of the molecule is CO.CO.[2H]C([2H])([2H])c1c[c-]c(-c2cc[c]([Ge]([CH3])([CH3])[CH3])cn2)c(F)c1.[Ir]. The summed E-state index contributed by atoms with van der Waals surface area (Å²) >= 11 is -1.94. The molecule has 0 unspecified atom stereocenters. The second kappa shape index (κ2) is 11.9. The van der Waals surface area contributed by atoms with Crippen LogP contribution in [0.3, 0.4) is 0 Å². The van der Waals surface area contributed by atoms with Crippen molar-refractivity contribution in [3.8, 4) is 11.3 Å². The number of aliphatic hydroxyl groups is 2. The molecular formula is C17H25FGeIrNO2-. The molecule has 2 N–H and O–H groups in total. The third-order valence-corrected chi connectivity index (χ3v) is 7.03. The summed E-state index contributed by atoms with van der Waals surface area (Å²) in [5.41, 5.74) is 0.626. The summed E-state index contributed by atoms with van der Waals surface area (Å²) in [5.74, 6) is 6.17. The van der Waals surface area contributed by atoms with Gasteiger partial charge in [0.25, 0.3) is 0 Å². The number of hydrogen-bond acceptors (Lipinski definition) is 3. The molecule has 2 aromatic rings. The van der Waals surface area contributed by atoms with Gasteiger partial charge in [0.05, 0.1) is 0 Å². The van der Waals surface area contributed by atoms with Crippen LogP contribution in [0.4, 0.5) is 4.39 Å². The van der Waals surface area contributed by atoms with Crippen molar-refractivity contribution in [3.63, 3.8) is 0 Å². The molecule has 23 heavy (non-hydrogen) atoms. The Morgan fingerprint density at radius 3 is 2.17 bits per heavy atom. The second-order valence-electron chi connectivity index (χ2n) is 5.29. The first-order valence-electron chi connectivity index (χ1n) is 8.17. The quantitative estimate of drug-likeness (QED) is 0.438. The standard InChI is InChI=1S/C15H17FGeN.2CH4O.Ir/c1-11-5-7-13(14(16)9-11)15-8-6-12(10-18-15)17(2,3)4;2*1-2;/h5-6,8-10H,1-4H3;2*2H,1H3;/q-1;;;/i1D3;;;. The Balaban J connectivity index is 0. The number of benzene rings is 1. The maximum absolute atomic E-state index is 14.1. The zero-order valence-electron chi connectivity index (χ0n) is 16.9. The van der Waals surface area contributed by atoms with Crippen LogP contribution in [0, 0.1) is 18.7 Å². The summed E-state index contributed by atoms with van der Waals surface area (Å²) in [6, 6.07) is 8.80. The van der Waals surface area contributed by atoms with E-state index < -0.39 is 25.9 Å². The molecule has 0 aliphatic carbocycles. The predicted octanol–water partition coefficient (Wildman–Crippen LogP) is 2.76. The van der Waals surface area contributed by atoms with Crippen molar-refractivity contribution in [2.24, 2.45) is 0 Å². The van der Waals surface area contributed by atoms with Crippen molar-refractivity contribution >= 4 is 17.7 Å². The smallest absolute Gasteiger partial charge is 0 e. The average molecular weight is 562 g/mol. The molecule has 1 radical (unpaired) electrons. The summed E-state index contributed by atoms with van der Waals surface area (Å²) in [4.78, 5) is 4.30. The molecule has 1 heterocycles. The Labute approximate surface area is 158 Å². The second-order valence-corrected chi connectivity index (χ2v) is 15.9.